The minimum Gasteiger partial charge on any atom is -0.494 e. The Morgan fingerprint density at radius 2 is 2.29 bits per heavy atom. The number of thiophene rings is 1. The van der Waals surface area contributed by atoms with Crippen LogP contribution in [-0.4, -0.2) is 6.61 Å². The maximum atomic E-state index is 13.3. The molecule has 0 aliphatic rings. The highest BCUT2D eigenvalue weighted by molar-refractivity contribution is 14.1. The summed E-state index contributed by atoms with van der Waals surface area (Å²) in [7, 11) is 0. The molecule has 0 aliphatic heterocycles. The van der Waals surface area contributed by atoms with Gasteiger partial charge in [-0.1, -0.05) is 0 Å². The Morgan fingerprint density at radius 3 is 3.00 bits per heavy atom. The van der Waals surface area contributed by atoms with Gasteiger partial charge in [-0.3, -0.25) is 0 Å². The molecule has 0 fully saturated rings. The van der Waals surface area contributed by atoms with Crippen molar-refractivity contribution in [2.45, 2.75) is 6.92 Å². The number of fused-ring (bicyclic) bond motifs is 1. The monoisotopic (exact) mass is 322 g/mol. The Hall–Kier alpha value is -0.360. The topological polar surface area (TPSA) is 9.23 Å². The van der Waals surface area contributed by atoms with Crippen molar-refractivity contribution in [2.24, 2.45) is 0 Å². The second kappa shape index (κ2) is 4.02. The Kier molecular flexibility index (Phi) is 2.92. The maximum Gasteiger partial charge on any atom is 0.142 e. The molecule has 0 bridgehead atoms. The van der Waals surface area contributed by atoms with Gasteiger partial charge in [-0.15, -0.1) is 11.3 Å². The van der Waals surface area contributed by atoms with Crippen molar-refractivity contribution in [3.63, 3.8) is 0 Å². The molecular weight excluding hydrogens is 314 g/mol. The highest BCUT2D eigenvalue weighted by atomic mass is 127. The summed E-state index contributed by atoms with van der Waals surface area (Å²) in [5.74, 6) is 0.670. The van der Waals surface area contributed by atoms with E-state index in [1.165, 1.54) is 16.7 Å². The Balaban J connectivity index is 2.62. The molecule has 0 spiro atoms. The Labute approximate surface area is 99.0 Å². The van der Waals surface area contributed by atoms with Gasteiger partial charge < -0.3 is 4.74 Å². The third-order valence-corrected chi connectivity index (χ3v) is 3.62. The van der Waals surface area contributed by atoms with Crippen LogP contribution in [0.15, 0.2) is 17.5 Å². The van der Waals surface area contributed by atoms with Gasteiger partial charge in [0, 0.05) is 19.0 Å². The fourth-order valence-corrected chi connectivity index (χ4v) is 3.20. The summed E-state index contributed by atoms with van der Waals surface area (Å²) in [6, 6.07) is 3.75. The van der Waals surface area contributed by atoms with Crippen molar-refractivity contribution in [3.05, 3.63) is 26.9 Å². The summed E-state index contributed by atoms with van der Waals surface area (Å²) >= 11 is 3.54. The molecule has 0 N–H and O–H groups in total. The van der Waals surface area contributed by atoms with E-state index in [1.807, 2.05) is 19.1 Å². The lowest BCUT2D eigenvalue weighted by Gasteiger charge is -2.03. The van der Waals surface area contributed by atoms with E-state index < -0.39 is 0 Å². The van der Waals surface area contributed by atoms with Crippen LogP contribution in [0.2, 0.25) is 0 Å². The number of rotatable bonds is 2. The van der Waals surface area contributed by atoms with Crippen LogP contribution in [0.5, 0.6) is 5.75 Å². The van der Waals surface area contributed by atoms with E-state index in [1.54, 1.807) is 0 Å². The van der Waals surface area contributed by atoms with Crippen LogP contribution in [0.25, 0.3) is 10.1 Å². The number of hydrogen-bond acceptors (Lipinski definition) is 2. The highest BCUT2D eigenvalue weighted by Gasteiger charge is 2.09. The molecule has 4 heteroatoms. The number of ether oxygens (including phenoxy) is 1. The second-order valence-corrected chi connectivity index (χ2v) is 4.87. The number of halogens is 2. The van der Waals surface area contributed by atoms with Crippen LogP contribution >= 0.6 is 33.9 Å². The van der Waals surface area contributed by atoms with Crippen molar-refractivity contribution in [2.75, 3.05) is 6.61 Å². The first-order valence-electron chi connectivity index (χ1n) is 4.21. The second-order valence-electron chi connectivity index (χ2n) is 2.79. The molecule has 74 valence electrons. The highest BCUT2D eigenvalue weighted by Crippen LogP contribution is 2.32. The lowest BCUT2D eigenvalue weighted by atomic mass is 10.2. The first-order valence-corrected chi connectivity index (χ1v) is 6.17. The lowest BCUT2D eigenvalue weighted by Crippen LogP contribution is -1.91. The van der Waals surface area contributed by atoms with Crippen LogP contribution in [0.3, 0.4) is 0 Å². The van der Waals surface area contributed by atoms with Crippen LogP contribution in [-0.2, 0) is 0 Å². The van der Waals surface area contributed by atoms with E-state index in [4.69, 9.17) is 4.74 Å². The molecule has 14 heavy (non-hydrogen) atoms. The average molecular weight is 322 g/mol. The fourth-order valence-electron chi connectivity index (χ4n) is 1.31. The smallest absolute Gasteiger partial charge is 0.142 e. The Bertz CT molecular complexity index is 466. The van der Waals surface area contributed by atoms with E-state index in [9.17, 15) is 4.39 Å². The minimum absolute atomic E-state index is 0.141. The third kappa shape index (κ3) is 1.72. The molecule has 1 aromatic heterocycles. The standard InChI is InChI=1S/C10H8FIOS/c1-2-13-6-3-8(12)10-7(11)5-14-9(10)4-6/h3-5H,2H2,1H3. The molecule has 2 aromatic rings. The van der Waals surface area contributed by atoms with E-state index >= 15 is 0 Å². The molecule has 0 atom stereocenters. The van der Waals surface area contributed by atoms with Gasteiger partial charge in [0.25, 0.3) is 0 Å². The molecule has 1 nitrogen and oxygen atoms in total. The van der Waals surface area contributed by atoms with Crippen LogP contribution < -0.4 is 4.74 Å². The van der Waals surface area contributed by atoms with Crippen LogP contribution in [0.4, 0.5) is 4.39 Å². The van der Waals surface area contributed by atoms with Crippen molar-refractivity contribution >= 4 is 44.0 Å². The van der Waals surface area contributed by atoms with Gasteiger partial charge in [-0.2, -0.15) is 0 Å². The number of hydrogen-bond donors (Lipinski definition) is 0. The molecule has 0 saturated carbocycles. The quantitative estimate of drug-likeness (QED) is 0.758. The van der Waals surface area contributed by atoms with Crippen molar-refractivity contribution in [3.8, 4) is 5.75 Å². The van der Waals surface area contributed by atoms with E-state index in [0.29, 0.717) is 12.0 Å². The van der Waals surface area contributed by atoms with Gasteiger partial charge in [-0.25, -0.2) is 4.39 Å². The largest absolute Gasteiger partial charge is 0.494 e. The normalized spacial score (nSPS) is 10.8. The van der Waals surface area contributed by atoms with Crippen LogP contribution in [0.1, 0.15) is 6.92 Å². The molecule has 0 amide bonds. The molecule has 0 saturated heterocycles. The maximum absolute atomic E-state index is 13.3. The van der Waals surface area contributed by atoms with Gasteiger partial charge in [0.1, 0.15) is 11.6 Å². The summed E-state index contributed by atoms with van der Waals surface area (Å²) in [6.07, 6.45) is 0. The predicted octanol–water partition coefficient (Wildman–Crippen LogP) is 4.04. The minimum atomic E-state index is -0.141. The molecule has 0 unspecified atom stereocenters. The summed E-state index contributed by atoms with van der Waals surface area (Å²) in [5.41, 5.74) is 0. The van der Waals surface area contributed by atoms with Crippen LogP contribution in [0, 0.1) is 9.39 Å². The van der Waals surface area contributed by atoms with Gasteiger partial charge in [0.15, 0.2) is 0 Å². The summed E-state index contributed by atoms with van der Waals surface area (Å²) in [4.78, 5) is 0. The van der Waals surface area contributed by atoms with Gasteiger partial charge in [-0.05, 0) is 41.6 Å². The molecule has 1 heterocycles. The molecule has 0 radical (unpaired) electrons. The average Bonchev–Trinajstić information content (AvgIpc) is 2.48. The van der Waals surface area contributed by atoms with Crippen molar-refractivity contribution < 1.29 is 9.13 Å². The molecule has 2 rings (SSSR count). The summed E-state index contributed by atoms with van der Waals surface area (Å²) in [5, 5.41) is 2.24. The van der Waals surface area contributed by atoms with Gasteiger partial charge in [0.05, 0.1) is 6.61 Å². The first kappa shape index (κ1) is 10.2. The fraction of sp³-hybridized carbons (Fsp3) is 0.200. The van der Waals surface area contributed by atoms with E-state index in [2.05, 4.69) is 22.6 Å². The van der Waals surface area contributed by atoms with E-state index in [0.717, 1.165) is 14.0 Å². The van der Waals surface area contributed by atoms with E-state index in [-0.39, 0.29) is 5.82 Å². The predicted molar refractivity (Wildman–Crippen MR) is 65.7 cm³/mol. The Morgan fingerprint density at radius 1 is 1.50 bits per heavy atom. The van der Waals surface area contributed by atoms with Crippen molar-refractivity contribution in [1.82, 2.24) is 0 Å². The summed E-state index contributed by atoms with van der Waals surface area (Å²) in [6.45, 7) is 2.57. The molecule has 0 aliphatic carbocycles. The van der Waals surface area contributed by atoms with Gasteiger partial charge in [0.2, 0.25) is 0 Å². The zero-order chi connectivity index (χ0) is 10.1. The first-order chi connectivity index (χ1) is 6.72. The van der Waals surface area contributed by atoms with Gasteiger partial charge >= 0.3 is 0 Å². The molecular formula is C10H8FIOS. The zero-order valence-corrected chi connectivity index (χ0v) is 10.5. The SMILES string of the molecule is CCOc1cc(I)c2c(F)csc2c1. The third-order valence-electron chi connectivity index (χ3n) is 1.87. The molecule has 1 aromatic carbocycles. The lowest BCUT2D eigenvalue weighted by molar-refractivity contribution is 0.340. The summed E-state index contributed by atoms with van der Waals surface area (Å²) < 4.78 is 20.5. The van der Waals surface area contributed by atoms with Crippen molar-refractivity contribution in [1.29, 1.82) is 0 Å². The zero-order valence-electron chi connectivity index (χ0n) is 7.51. The number of benzene rings is 1.